The largest absolute Gasteiger partial charge is 0.310 e. The molecule has 42 heavy (non-hydrogen) atoms. The molecule has 8 rings (SSSR count). The quantitative estimate of drug-likeness (QED) is 0.205. The molecule has 0 atom stereocenters. The van der Waals surface area contributed by atoms with E-state index in [2.05, 4.69) is 169 Å². The van der Waals surface area contributed by atoms with Crippen LogP contribution in [0.5, 0.6) is 0 Å². The molecule has 0 N–H and O–H groups in total. The van der Waals surface area contributed by atoms with Gasteiger partial charge in [-0.15, -0.1) is 11.3 Å². The maximum Gasteiger partial charge on any atom is 0.0468 e. The summed E-state index contributed by atoms with van der Waals surface area (Å²) in [7, 11) is 0. The highest BCUT2D eigenvalue weighted by molar-refractivity contribution is 7.26. The lowest BCUT2D eigenvalue weighted by molar-refractivity contribution is 1.29. The van der Waals surface area contributed by atoms with Gasteiger partial charge < -0.3 is 4.90 Å². The molecule has 0 spiro atoms. The number of thiophene rings is 1. The average Bonchev–Trinajstić information content (AvgIpc) is 3.45. The van der Waals surface area contributed by atoms with Gasteiger partial charge in [-0.3, -0.25) is 0 Å². The summed E-state index contributed by atoms with van der Waals surface area (Å²) in [5, 5.41) is 5.22. The Bertz CT molecular complexity index is 2080. The second kappa shape index (κ2) is 10.3. The van der Waals surface area contributed by atoms with E-state index in [-0.39, 0.29) is 0 Å². The van der Waals surface area contributed by atoms with Gasteiger partial charge in [-0.2, -0.15) is 0 Å². The zero-order valence-corrected chi connectivity index (χ0v) is 23.8. The Morgan fingerprint density at radius 1 is 0.357 bits per heavy atom. The summed E-state index contributed by atoms with van der Waals surface area (Å²) < 4.78 is 2.66. The first-order chi connectivity index (χ1) is 20.8. The Morgan fingerprint density at radius 3 is 1.50 bits per heavy atom. The van der Waals surface area contributed by atoms with Gasteiger partial charge in [0.15, 0.2) is 0 Å². The van der Waals surface area contributed by atoms with E-state index in [4.69, 9.17) is 0 Å². The minimum Gasteiger partial charge on any atom is -0.310 e. The standard InChI is InChI=1S/C40H27NS/c1-3-9-28(10-4-1)30-15-20-33(21-16-30)41(34-22-17-31(18-23-34)29-11-5-2-6-12-29)35-24-26-39-38(27-35)37-25-19-32-13-7-8-14-36(32)40(37)42-39/h1-27H. The smallest absolute Gasteiger partial charge is 0.0468 e. The molecule has 0 radical (unpaired) electrons. The van der Waals surface area contributed by atoms with Gasteiger partial charge in [-0.25, -0.2) is 0 Å². The lowest BCUT2D eigenvalue weighted by atomic mass is 10.0. The Hall–Kier alpha value is -5.18. The summed E-state index contributed by atoms with van der Waals surface area (Å²) in [5.41, 5.74) is 8.28. The second-order valence-electron chi connectivity index (χ2n) is 10.6. The van der Waals surface area contributed by atoms with Gasteiger partial charge in [0.25, 0.3) is 0 Å². The van der Waals surface area contributed by atoms with Crippen molar-refractivity contribution < 1.29 is 0 Å². The van der Waals surface area contributed by atoms with E-state index in [1.54, 1.807) is 0 Å². The van der Waals surface area contributed by atoms with Crippen LogP contribution < -0.4 is 4.90 Å². The summed E-state index contributed by atoms with van der Waals surface area (Å²) in [5.74, 6) is 0. The molecule has 1 heterocycles. The van der Waals surface area contributed by atoms with E-state index in [1.165, 1.54) is 53.2 Å². The lowest BCUT2D eigenvalue weighted by Gasteiger charge is -2.26. The lowest BCUT2D eigenvalue weighted by Crippen LogP contribution is -2.09. The number of hydrogen-bond donors (Lipinski definition) is 0. The van der Waals surface area contributed by atoms with Crippen LogP contribution >= 0.6 is 11.3 Å². The van der Waals surface area contributed by atoms with Crippen LogP contribution in [-0.4, -0.2) is 0 Å². The summed E-state index contributed by atoms with van der Waals surface area (Å²) in [6, 6.07) is 59.1. The highest BCUT2D eigenvalue weighted by atomic mass is 32.1. The Balaban J connectivity index is 1.27. The van der Waals surface area contributed by atoms with Gasteiger partial charge in [0.1, 0.15) is 0 Å². The van der Waals surface area contributed by atoms with Crippen molar-refractivity contribution in [1.29, 1.82) is 0 Å². The maximum atomic E-state index is 2.37. The summed E-state index contributed by atoms with van der Waals surface area (Å²) in [6.07, 6.45) is 0. The fourth-order valence-corrected chi connectivity index (χ4v) is 7.16. The fourth-order valence-electron chi connectivity index (χ4n) is 5.95. The molecule has 7 aromatic carbocycles. The monoisotopic (exact) mass is 553 g/mol. The molecule has 0 unspecified atom stereocenters. The van der Waals surface area contributed by atoms with E-state index < -0.39 is 0 Å². The van der Waals surface area contributed by atoms with Crippen molar-refractivity contribution in [3.8, 4) is 22.3 Å². The van der Waals surface area contributed by atoms with Crippen LogP contribution in [-0.2, 0) is 0 Å². The van der Waals surface area contributed by atoms with E-state index >= 15 is 0 Å². The molecule has 0 aliphatic heterocycles. The molecular formula is C40H27NS. The van der Waals surface area contributed by atoms with Crippen LogP contribution in [0.15, 0.2) is 164 Å². The topological polar surface area (TPSA) is 3.24 Å². The number of rotatable bonds is 5. The minimum atomic E-state index is 1.13. The van der Waals surface area contributed by atoms with E-state index in [0.29, 0.717) is 0 Å². The van der Waals surface area contributed by atoms with Crippen LogP contribution in [0.3, 0.4) is 0 Å². The molecule has 2 heteroatoms. The van der Waals surface area contributed by atoms with Gasteiger partial charge in [-0.1, -0.05) is 121 Å². The van der Waals surface area contributed by atoms with Crippen LogP contribution in [0.4, 0.5) is 17.1 Å². The van der Waals surface area contributed by atoms with Crippen molar-refractivity contribution in [1.82, 2.24) is 0 Å². The first-order valence-electron chi connectivity index (χ1n) is 14.3. The van der Waals surface area contributed by atoms with Gasteiger partial charge in [-0.05, 0) is 75.5 Å². The number of nitrogens with zero attached hydrogens (tertiary/aromatic N) is 1. The third-order valence-corrected chi connectivity index (χ3v) is 9.29. The first-order valence-corrected chi connectivity index (χ1v) is 15.1. The number of fused-ring (bicyclic) bond motifs is 5. The average molecular weight is 554 g/mol. The van der Waals surface area contributed by atoms with Gasteiger partial charge >= 0.3 is 0 Å². The van der Waals surface area contributed by atoms with Gasteiger partial charge in [0, 0.05) is 37.2 Å². The van der Waals surface area contributed by atoms with Crippen molar-refractivity contribution in [2.24, 2.45) is 0 Å². The fraction of sp³-hybridized carbons (Fsp3) is 0. The van der Waals surface area contributed by atoms with Crippen molar-refractivity contribution in [2.75, 3.05) is 4.90 Å². The van der Waals surface area contributed by atoms with Gasteiger partial charge in [0.2, 0.25) is 0 Å². The van der Waals surface area contributed by atoms with Crippen LogP contribution in [0.25, 0.3) is 53.2 Å². The van der Waals surface area contributed by atoms with Crippen molar-refractivity contribution in [3.63, 3.8) is 0 Å². The Labute approximate surface area is 249 Å². The SMILES string of the molecule is c1ccc(-c2ccc(N(c3ccc(-c4ccccc4)cc3)c3ccc4sc5c6ccccc6ccc5c4c3)cc2)cc1. The summed E-state index contributed by atoms with van der Waals surface area (Å²) >= 11 is 1.88. The van der Waals surface area contributed by atoms with E-state index in [1.807, 2.05) is 11.3 Å². The highest BCUT2D eigenvalue weighted by Gasteiger charge is 2.16. The molecule has 0 amide bonds. The molecule has 8 aromatic rings. The zero-order valence-electron chi connectivity index (χ0n) is 22.9. The summed E-state index contributed by atoms with van der Waals surface area (Å²) in [6.45, 7) is 0. The van der Waals surface area contributed by atoms with Crippen molar-refractivity contribution in [3.05, 3.63) is 164 Å². The minimum absolute atomic E-state index is 1.13. The normalized spacial score (nSPS) is 11.3. The van der Waals surface area contributed by atoms with E-state index in [0.717, 1.165) is 17.1 Å². The first kappa shape index (κ1) is 24.6. The van der Waals surface area contributed by atoms with Crippen molar-refractivity contribution >= 4 is 59.3 Å². The molecule has 0 saturated heterocycles. The molecular weight excluding hydrogens is 527 g/mol. The molecule has 0 fully saturated rings. The molecule has 1 nitrogen and oxygen atoms in total. The molecule has 0 aliphatic rings. The molecule has 198 valence electrons. The van der Waals surface area contributed by atoms with Crippen LogP contribution in [0, 0.1) is 0 Å². The van der Waals surface area contributed by atoms with Crippen LogP contribution in [0.2, 0.25) is 0 Å². The predicted molar refractivity (Wildman–Crippen MR) is 182 cm³/mol. The van der Waals surface area contributed by atoms with E-state index in [9.17, 15) is 0 Å². The van der Waals surface area contributed by atoms with Crippen LogP contribution in [0.1, 0.15) is 0 Å². The molecule has 0 aliphatic carbocycles. The maximum absolute atomic E-state index is 2.37. The third kappa shape index (κ3) is 4.34. The van der Waals surface area contributed by atoms with Gasteiger partial charge in [0.05, 0.1) is 0 Å². The predicted octanol–water partition coefficient (Wildman–Crippen LogP) is 12.0. The Kier molecular flexibility index (Phi) is 6.05. The Morgan fingerprint density at radius 2 is 0.881 bits per heavy atom. The van der Waals surface area contributed by atoms with Crippen molar-refractivity contribution in [2.45, 2.75) is 0 Å². The highest BCUT2D eigenvalue weighted by Crippen LogP contribution is 2.43. The molecule has 0 saturated carbocycles. The number of anilines is 3. The zero-order chi connectivity index (χ0) is 27.9. The number of hydrogen-bond acceptors (Lipinski definition) is 2. The number of benzene rings is 7. The summed E-state index contributed by atoms with van der Waals surface area (Å²) in [4.78, 5) is 2.37. The second-order valence-corrected chi connectivity index (χ2v) is 11.7. The molecule has 0 bridgehead atoms. The molecule has 1 aromatic heterocycles. The third-order valence-electron chi connectivity index (χ3n) is 8.07.